The summed E-state index contributed by atoms with van der Waals surface area (Å²) in [6, 6.07) is 21.5. The predicted molar refractivity (Wildman–Crippen MR) is 116 cm³/mol. The Bertz CT molecular complexity index is 1110. The molecular weight excluding hydrogens is 388 g/mol. The molecule has 0 aliphatic rings. The largest absolute Gasteiger partial charge is 0.329 e. The van der Waals surface area contributed by atoms with Gasteiger partial charge in [-0.3, -0.25) is 4.79 Å². The van der Waals surface area contributed by atoms with Gasteiger partial charge in [-0.1, -0.05) is 47.5 Å². The minimum Gasteiger partial charge on any atom is -0.329 e. The predicted octanol–water partition coefficient (Wildman–Crippen LogP) is 6.10. The van der Waals surface area contributed by atoms with Crippen molar-refractivity contribution in [3.05, 3.63) is 98.8 Å². The van der Waals surface area contributed by atoms with Crippen LogP contribution in [0.15, 0.2) is 72.1 Å². The summed E-state index contributed by atoms with van der Waals surface area (Å²) in [6.45, 7) is 2.99. The molecule has 0 saturated carbocycles. The Balaban J connectivity index is 1.69. The van der Waals surface area contributed by atoms with Crippen molar-refractivity contribution in [3.8, 4) is 0 Å². The fourth-order valence-corrected chi connectivity index (χ4v) is 4.11. The second-order valence-electron chi connectivity index (χ2n) is 6.74. The van der Waals surface area contributed by atoms with Crippen molar-refractivity contribution < 1.29 is 4.79 Å². The molecule has 0 unspecified atom stereocenters. The number of halogens is 1. The third-order valence-corrected chi connectivity index (χ3v) is 5.78. The molecule has 2 aromatic carbocycles. The van der Waals surface area contributed by atoms with Gasteiger partial charge in [-0.2, -0.15) is 0 Å². The maximum atomic E-state index is 13.2. The molecule has 0 fully saturated rings. The Kier molecular flexibility index (Phi) is 5.42. The summed E-state index contributed by atoms with van der Waals surface area (Å²) >= 11 is 8.11. The van der Waals surface area contributed by atoms with Gasteiger partial charge in [0.25, 0.3) is 5.91 Å². The molecule has 28 heavy (non-hydrogen) atoms. The van der Waals surface area contributed by atoms with Crippen LogP contribution in [0, 0.1) is 6.92 Å². The lowest BCUT2D eigenvalue weighted by Crippen LogP contribution is -2.30. The van der Waals surface area contributed by atoms with Crippen molar-refractivity contribution in [3.63, 3.8) is 0 Å². The fourth-order valence-electron chi connectivity index (χ4n) is 3.19. The number of hydrogen-bond acceptors (Lipinski definition) is 3. The highest BCUT2D eigenvalue weighted by Gasteiger charge is 2.19. The summed E-state index contributed by atoms with van der Waals surface area (Å²) in [5, 5.41) is 3.49. The van der Waals surface area contributed by atoms with Crippen LogP contribution in [0.1, 0.15) is 26.4 Å². The Morgan fingerprint density at radius 3 is 2.61 bits per heavy atom. The van der Waals surface area contributed by atoms with Crippen molar-refractivity contribution in [2.24, 2.45) is 0 Å². The Hall–Kier alpha value is -2.69. The minimum absolute atomic E-state index is 0.0191. The van der Waals surface area contributed by atoms with Crippen LogP contribution in [0.2, 0.25) is 5.15 Å². The van der Waals surface area contributed by atoms with E-state index in [0.29, 0.717) is 23.8 Å². The smallest absolute Gasteiger partial charge is 0.254 e. The van der Waals surface area contributed by atoms with Crippen LogP contribution in [0.4, 0.5) is 0 Å². The van der Waals surface area contributed by atoms with Crippen molar-refractivity contribution in [2.75, 3.05) is 0 Å². The van der Waals surface area contributed by atoms with Gasteiger partial charge in [0.2, 0.25) is 0 Å². The normalized spacial score (nSPS) is 10.9. The molecule has 1 amide bonds. The number of carbonyl (C=O) groups excluding carboxylic acids is 1. The number of fused-ring (bicyclic) bond motifs is 1. The highest BCUT2D eigenvalue weighted by molar-refractivity contribution is 7.09. The lowest BCUT2D eigenvalue weighted by atomic mass is 10.1. The molecule has 3 nitrogen and oxygen atoms in total. The lowest BCUT2D eigenvalue weighted by molar-refractivity contribution is 0.0732. The van der Waals surface area contributed by atoms with E-state index in [4.69, 9.17) is 11.6 Å². The van der Waals surface area contributed by atoms with Crippen molar-refractivity contribution in [1.82, 2.24) is 9.88 Å². The molecule has 0 saturated heterocycles. The van der Waals surface area contributed by atoms with Crippen LogP contribution in [0.25, 0.3) is 10.9 Å². The quantitative estimate of drug-likeness (QED) is 0.375. The zero-order valence-electron chi connectivity index (χ0n) is 15.4. The first kappa shape index (κ1) is 18.7. The van der Waals surface area contributed by atoms with Crippen molar-refractivity contribution in [2.45, 2.75) is 20.0 Å². The van der Waals surface area contributed by atoms with Gasteiger partial charge in [-0.15, -0.1) is 11.3 Å². The number of aryl methyl sites for hydroxylation is 1. The molecule has 0 bridgehead atoms. The van der Waals surface area contributed by atoms with Gasteiger partial charge >= 0.3 is 0 Å². The summed E-state index contributed by atoms with van der Waals surface area (Å²) in [7, 11) is 0. The van der Waals surface area contributed by atoms with E-state index in [1.807, 2.05) is 70.9 Å². The molecule has 140 valence electrons. The van der Waals surface area contributed by atoms with Crippen LogP contribution in [0.3, 0.4) is 0 Å². The Labute approximate surface area is 173 Å². The third kappa shape index (κ3) is 4.08. The lowest BCUT2D eigenvalue weighted by Gasteiger charge is -2.23. The van der Waals surface area contributed by atoms with Gasteiger partial charge < -0.3 is 4.90 Å². The maximum Gasteiger partial charge on any atom is 0.254 e. The highest BCUT2D eigenvalue weighted by atomic mass is 35.5. The molecular formula is C23H19ClN2OS. The fraction of sp³-hybridized carbons (Fsp3) is 0.130. The third-order valence-electron chi connectivity index (χ3n) is 4.59. The summed E-state index contributed by atoms with van der Waals surface area (Å²) in [6.07, 6.45) is 0. The first-order valence-electron chi connectivity index (χ1n) is 9.02. The van der Waals surface area contributed by atoms with Gasteiger partial charge in [-0.25, -0.2) is 4.98 Å². The van der Waals surface area contributed by atoms with Gasteiger partial charge in [0.15, 0.2) is 0 Å². The SMILES string of the molecule is Cc1ccc2nc(Cl)c(CN(Cc3cccs3)C(=O)c3ccccc3)cc2c1. The van der Waals surface area contributed by atoms with Crippen molar-refractivity contribution >= 4 is 39.7 Å². The molecule has 2 heterocycles. The molecule has 0 aliphatic heterocycles. The molecule has 0 N–H and O–H groups in total. The van der Waals surface area contributed by atoms with E-state index in [1.165, 1.54) is 5.56 Å². The summed E-state index contributed by atoms with van der Waals surface area (Å²) < 4.78 is 0. The molecule has 4 aromatic rings. The van der Waals surface area contributed by atoms with Crippen LogP contribution >= 0.6 is 22.9 Å². The topological polar surface area (TPSA) is 33.2 Å². The van der Waals surface area contributed by atoms with E-state index in [9.17, 15) is 4.79 Å². The average molecular weight is 407 g/mol. The number of rotatable bonds is 5. The molecule has 0 radical (unpaired) electrons. The second kappa shape index (κ2) is 8.13. The van der Waals surface area contributed by atoms with E-state index >= 15 is 0 Å². The Morgan fingerprint density at radius 1 is 1.04 bits per heavy atom. The first-order chi connectivity index (χ1) is 13.6. The van der Waals surface area contributed by atoms with E-state index in [2.05, 4.69) is 18.0 Å². The zero-order valence-corrected chi connectivity index (χ0v) is 17.0. The van der Waals surface area contributed by atoms with E-state index in [1.54, 1.807) is 11.3 Å². The summed E-state index contributed by atoms with van der Waals surface area (Å²) in [4.78, 5) is 20.7. The number of pyridine rings is 1. The van der Waals surface area contributed by atoms with E-state index < -0.39 is 0 Å². The molecule has 0 spiro atoms. The monoisotopic (exact) mass is 406 g/mol. The van der Waals surface area contributed by atoms with E-state index in [0.717, 1.165) is 21.3 Å². The standard InChI is InChI=1S/C23H19ClN2OS/c1-16-9-10-21-18(12-16)13-19(22(24)25-21)14-26(15-20-8-5-11-28-20)23(27)17-6-3-2-4-7-17/h2-13H,14-15H2,1H3. The minimum atomic E-state index is -0.0191. The van der Waals surface area contributed by atoms with Gasteiger partial charge in [0.1, 0.15) is 5.15 Å². The highest BCUT2D eigenvalue weighted by Crippen LogP contribution is 2.25. The maximum absolute atomic E-state index is 13.2. The molecule has 5 heteroatoms. The molecule has 2 aromatic heterocycles. The number of amides is 1. The van der Waals surface area contributed by atoms with Crippen LogP contribution in [-0.4, -0.2) is 15.8 Å². The number of thiophene rings is 1. The average Bonchev–Trinajstić information content (AvgIpc) is 3.21. The summed E-state index contributed by atoms with van der Waals surface area (Å²) in [5.74, 6) is -0.0191. The Morgan fingerprint density at radius 2 is 1.86 bits per heavy atom. The van der Waals surface area contributed by atoms with Crippen LogP contribution in [0.5, 0.6) is 0 Å². The molecule has 4 rings (SSSR count). The number of carbonyl (C=O) groups is 1. The zero-order chi connectivity index (χ0) is 19.5. The summed E-state index contributed by atoms with van der Waals surface area (Å²) in [5.41, 5.74) is 3.54. The number of aromatic nitrogens is 1. The van der Waals surface area contributed by atoms with Gasteiger partial charge in [0, 0.05) is 27.9 Å². The van der Waals surface area contributed by atoms with E-state index in [-0.39, 0.29) is 5.91 Å². The molecule has 0 aliphatic carbocycles. The van der Waals surface area contributed by atoms with Gasteiger partial charge in [-0.05, 0) is 48.7 Å². The van der Waals surface area contributed by atoms with Crippen LogP contribution in [-0.2, 0) is 13.1 Å². The first-order valence-corrected chi connectivity index (χ1v) is 10.3. The van der Waals surface area contributed by atoms with Crippen molar-refractivity contribution in [1.29, 1.82) is 0 Å². The van der Waals surface area contributed by atoms with Gasteiger partial charge in [0.05, 0.1) is 12.1 Å². The molecule has 0 atom stereocenters. The van der Waals surface area contributed by atoms with Crippen LogP contribution < -0.4 is 0 Å². The second-order valence-corrected chi connectivity index (χ2v) is 8.13. The number of hydrogen-bond donors (Lipinski definition) is 0. The number of nitrogens with zero attached hydrogens (tertiary/aromatic N) is 2. The number of benzene rings is 2.